The number of anilines is 1. The number of hydrogen-bond donors (Lipinski definition) is 3. The van der Waals surface area contributed by atoms with Gasteiger partial charge in [0.15, 0.2) is 0 Å². The van der Waals surface area contributed by atoms with Crippen molar-refractivity contribution >= 4 is 17.0 Å². The van der Waals surface area contributed by atoms with Gasteiger partial charge in [0.1, 0.15) is 11.7 Å². The van der Waals surface area contributed by atoms with Crippen LogP contribution in [0.4, 0.5) is 19.1 Å². The minimum absolute atomic E-state index is 0.177. The van der Waals surface area contributed by atoms with E-state index in [0.717, 1.165) is 38.2 Å². The summed E-state index contributed by atoms with van der Waals surface area (Å²) in [6, 6.07) is 3.02. The summed E-state index contributed by atoms with van der Waals surface area (Å²) in [6.45, 7) is 2.63. The molecule has 0 aromatic carbocycles. The number of aromatic amines is 1. The standard InChI is InChI=1S/C19H18F3N7/c20-19(21,22)13-5-14-15(10-26-17(14)25-9-13)16-12(6-23)8-28-18(29-16)27-7-11-1-3-24-4-2-11/h5,8-11,24H,1-4,7H2,(H,25,26)(H,27,28,29). The lowest BCUT2D eigenvalue weighted by molar-refractivity contribution is -0.137. The number of pyridine rings is 1. The van der Waals surface area contributed by atoms with E-state index >= 15 is 0 Å². The predicted molar refractivity (Wildman–Crippen MR) is 101 cm³/mol. The first-order valence-corrected chi connectivity index (χ1v) is 9.22. The van der Waals surface area contributed by atoms with Crippen LogP contribution < -0.4 is 10.6 Å². The highest BCUT2D eigenvalue weighted by molar-refractivity contribution is 5.94. The summed E-state index contributed by atoms with van der Waals surface area (Å²) in [5.41, 5.74) is 0.253. The number of piperidine rings is 1. The van der Waals surface area contributed by atoms with Gasteiger partial charge in [0.2, 0.25) is 5.95 Å². The number of nitrogens with zero attached hydrogens (tertiary/aromatic N) is 4. The molecule has 0 unspecified atom stereocenters. The molecule has 1 fully saturated rings. The number of H-pyrrole nitrogens is 1. The van der Waals surface area contributed by atoms with Gasteiger partial charge in [-0.1, -0.05) is 0 Å². The maximum Gasteiger partial charge on any atom is 0.417 e. The normalized spacial score (nSPS) is 15.4. The number of fused-ring (bicyclic) bond motifs is 1. The monoisotopic (exact) mass is 401 g/mol. The van der Waals surface area contributed by atoms with E-state index in [-0.39, 0.29) is 16.6 Å². The average molecular weight is 401 g/mol. The SMILES string of the molecule is N#Cc1cnc(NCC2CCNCC2)nc1-c1c[nH]c2ncc(C(F)(F)F)cc12. The molecular weight excluding hydrogens is 383 g/mol. The molecule has 7 nitrogen and oxygen atoms in total. The highest BCUT2D eigenvalue weighted by atomic mass is 19.4. The van der Waals surface area contributed by atoms with Crippen LogP contribution in [0.1, 0.15) is 24.0 Å². The fourth-order valence-electron chi connectivity index (χ4n) is 3.43. The van der Waals surface area contributed by atoms with Gasteiger partial charge in [0.25, 0.3) is 0 Å². The molecule has 4 rings (SSSR count). The van der Waals surface area contributed by atoms with Crippen molar-refractivity contribution in [2.75, 3.05) is 25.0 Å². The molecule has 150 valence electrons. The molecule has 1 aliphatic heterocycles. The van der Waals surface area contributed by atoms with E-state index in [1.165, 1.54) is 12.4 Å². The fraction of sp³-hybridized carbons (Fsp3) is 0.368. The second-order valence-electron chi connectivity index (χ2n) is 6.96. The van der Waals surface area contributed by atoms with Gasteiger partial charge in [0, 0.05) is 29.9 Å². The summed E-state index contributed by atoms with van der Waals surface area (Å²) in [5.74, 6) is 0.831. The first-order valence-electron chi connectivity index (χ1n) is 9.22. The van der Waals surface area contributed by atoms with Crippen LogP contribution in [0.25, 0.3) is 22.3 Å². The number of nitrogens with one attached hydrogen (secondary N) is 3. The Bertz CT molecular complexity index is 1060. The van der Waals surface area contributed by atoms with Crippen LogP contribution in [0.2, 0.25) is 0 Å². The summed E-state index contributed by atoms with van der Waals surface area (Å²) in [4.78, 5) is 15.3. The Morgan fingerprint density at radius 2 is 2.00 bits per heavy atom. The highest BCUT2D eigenvalue weighted by Gasteiger charge is 2.31. The van der Waals surface area contributed by atoms with Gasteiger partial charge in [-0.25, -0.2) is 15.0 Å². The molecular formula is C19H18F3N7. The molecule has 3 aromatic heterocycles. The van der Waals surface area contributed by atoms with Gasteiger partial charge in [-0.3, -0.25) is 0 Å². The Balaban J connectivity index is 1.69. The maximum absolute atomic E-state index is 13.1. The van der Waals surface area contributed by atoms with Crippen molar-refractivity contribution in [3.05, 3.63) is 35.8 Å². The third-order valence-electron chi connectivity index (χ3n) is 5.03. The molecule has 1 aliphatic rings. The lowest BCUT2D eigenvalue weighted by atomic mass is 9.98. The number of hydrogen-bond acceptors (Lipinski definition) is 6. The third-order valence-corrected chi connectivity index (χ3v) is 5.03. The Labute approximate surface area is 164 Å². The lowest BCUT2D eigenvalue weighted by Crippen LogP contribution is -2.31. The molecule has 29 heavy (non-hydrogen) atoms. The molecule has 0 amide bonds. The zero-order valence-electron chi connectivity index (χ0n) is 15.3. The molecule has 0 bridgehead atoms. The van der Waals surface area contributed by atoms with Crippen molar-refractivity contribution in [1.29, 1.82) is 5.26 Å². The second kappa shape index (κ2) is 7.67. The van der Waals surface area contributed by atoms with Gasteiger partial charge in [-0.15, -0.1) is 0 Å². The van der Waals surface area contributed by atoms with Crippen molar-refractivity contribution in [2.24, 2.45) is 5.92 Å². The van der Waals surface area contributed by atoms with E-state index < -0.39 is 11.7 Å². The summed E-state index contributed by atoms with van der Waals surface area (Å²) in [6.07, 6.45) is 1.25. The molecule has 3 aromatic rings. The van der Waals surface area contributed by atoms with Crippen molar-refractivity contribution in [1.82, 2.24) is 25.3 Å². The van der Waals surface area contributed by atoms with E-state index in [9.17, 15) is 18.4 Å². The minimum Gasteiger partial charge on any atom is -0.354 e. The van der Waals surface area contributed by atoms with Gasteiger partial charge in [0.05, 0.1) is 23.0 Å². The zero-order valence-corrected chi connectivity index (χ0v) is 15.3. The smallest absolute Gasteiger partial charge is 0.354 e. The Morgan fingerprint density at radius 3 is 2.72 bits per heavy atom. The Morgan fingerprint density at radius 1 is 1.21 bits per heavy atom. The second-order valence-corrected chi connectivity index (χ2v) is 6.96. The summed E-state index contributed by atoms with van der Waals surface area (Å²) in [5, 5.41) is 16.2. The summed E-state index contributed by atoms with van der Waals surface area (Å²) < 4.78 is 39.3. The van der Waals surface area contributed by atoms with Crippen molar-refractivity contribution in [3.8, 4) is 17.3 Å². The van der Waals surface area contributed by atoms with Gasteiger partial charge in [-0.05, 0) is 37.9 Å². The highest BCUT2D eigenvalue weighted by Crippen LogP contribution is 2.34. The quantitative estimate of drug-likeness (QED) is 0.620. The van der Waals surface area contributed by atoms with Gasteiger partial charge in [-0.2, -0.15) is 18.4 Å². The topological polar surface area (TPSA) is 102 Å². The zero-order chi connectivity index (χ0) is 20.4. The van der Waals surface area contributed by atoms with Crippen molar-refractivity contribution in [3.63, 3.8) is 0 Å². The average Bonchev–Trinajstić information content (AvgIpc) is 3.15. The number of halogens is 3. The van der Waals surface area contributed by atoms with Crippen molar-refractivity contribution < 1.29 is 13.2 Å². The van der Waals surface area contributed by atoms with Crippen LogP contribution in [-0.2, 0) is 6.18 Å². The van der Waals surface area contributed by atoms with Crippen LogP contribution in [0.15, 0.2) is 24.7 Å². The lowest BCUT2D eigenvalue weighted by Gasteiger charge is -2.22. The molecule has 0 radical (unpaired) electrons. The van der Waals surface area contributed by atoms with Gasteiger partial charge >= 0.3 is 6.18 Å². The number of alkyl halides is 3. The fourth-order valence-corrected chi connectivity index (χ4v) is 3.43. The van der Waals surface area contributed by atoms with E-state index in [2.05, 4.69) is 30.6 Å². The molecule has 0 spiro atoms. The molecule has 1 saturated heterocycles. The van der Waals surface area contributed by atoms with Crippen LogP contribution in [-0.4, -0.2) is 39.6 Å². The van der Waals surface area contributed by atoms with E-state index in [0.29, 0.717) is 29.6 Å². The molecule has 4 heterocycles. The number of nitriles is 1. The largest absolute Gasteiger partial charge is 0.417 e. The van der Waals surface area contributed by atoms with E-state index in [1.54, 1.807) is 0 Å². The third kappa shape index (κ3) is 4.00. The van der Waals surface area contributed by atoms with Crippen LogP contribution in [0.3, 0.4) is 0 Å². The van der Waals surface area contributed by atoms with Crippen molar-refractivity contribution in [2.45, 2.75) is 19.0 Å². The minimum atomic E-state index is -4.51. The molecule has 3 N–H and O–H groups in total. The van der Waals surface area contributed by atoms with E-state index in [1.807, 2.05) is 6.07 Å². The van der Waals surface area contributed by atoms with Crippen LogP contribution >= 0.6 is 0 Å². The predicted octanol–water partition coefficient (Wildman–Crippen LogP) is 3.32. The Hall–Kier alpha value is -3.19. The Kier molecular flexibility index (Phi) is 5.07. The van der Waals surface area contributed by atoms with Crippen LogP contribution in [0.5, 0.6) is 0 Å². The van der Waals surface area contributed by atoms with Crippen LogP contribution in [0, 0.1) is 17.2 Å². The number of aromatic nitrogens is 4. The molecule has 0 saturated carbocycles. The summed E-state index contributed by atoms with van der Waals surface area (Å²) in [7, 11) is 0. The first kappa shape index (κ1) is 19.1. The molecule has 0 atom stereocenters. The molecule has 0 aliphatic carbocycles. The van der Waals surface area contributed by atoms with Gasteiger partial charge < -0.3 is 15.6 Å². The first-order chi connectivity index (χ1) is 14.0. The maximum atomic E-state index is 13.1. The summed E-state index contributed by atoms with van der Waals surface area (Å²) >= 11 is 0. The molecule has 10 heteroatoms. The van der Waals surface area contributed by atoms with E-state index in [4.69, 9.17) is 0 Å². The number of rotatable bonds is 4.